The fourth-order valence-electron chi connectivity index (χ4n) is 2.23. The first-order chi connectivity index (χ1) is 9.92. The van der Waals surface area contributed by atoms with E-state index in [1.54, 1.807) is 0 Å². The van der Waals surface area contributed by atoms with E-state index in [9.17, 15) is 0 Å². The molecule has 3 heteroatoms. The van der Waals surface area contributed by atoms with Crippen molar-refractivity contribution in [3.05, 3.63) is 72.2 Å². The first-order valence-corrected chi connectivity index (χ1v) is 6.86. The molecule has 3 aromatic rings. The van der Waals surface area contributed by atoms with Gasteiger partial charge in [0, 0.05) is 43.0 Å². The Morgan fingerprint density at radius 1 is 0.900 bits per heavy atom. The third-order valence-electron chi connectivity index (χ3n) is 3.28. The van der Waals surface area contributed by atoms with Gasteiger partial charge in [-0.1, -0.05) is 18.2 Å². The van der Waals surface area contributed by atoms with Crippen LogP contribution in [-0.2, 0) is 13.0 Å². The standard InChI is InChI=1S/C17H17N3/c1-2-9-19-16(5-1)8-11-18-13-14-6-7-17-15(12-14)4-3-10-20-17/h1-7,9-10,12,18H,8,11,13H2. The van der Waals surface area contributed by atoms with Crippen LogP contribution in [0, 0.1) is 0 Å². The van der Waals surface area contributed by atoms with Gasteiger partial charge >= 0.3 is 0 Å². The summed E-state index contributed by atoms with van der Waals surface area (Å²) < 4.78 is 0. The van der Waals surface area contributed by atoms with Crippen LogP contribution in [0.1, 0.15) is 11.3 Å². The summed E-state index contributed by atoms with van der Waals surface area (Å²) in [5.41, 5.74) is 3.46. The molecule has 2 heterocycles. The van der Waals surface area contributed by atoms with E-state index in [1.165, 1.54) is 10.9 Å². The van der Waals surface area contributed by atoms with E-state index in [4.69, 9.17) is 0 Å². The van der Waals surface area contributed by atoms with Gasteiger partial charge in [0.25, 0.3) is 0 Å². The summed E-state index contributed by atoms with van der Waals surface area (Å²) in [7, 11) is 0. The number of nitrogens with one attached hydrogen (secondary N) is 1. The summed E-state index contributed by atoms with van der Waals surface area (Å²) in [5, 5.41) is 4.65. The molecule has 0 aliphatic carbocycles. The Morgan fingerprint density at radius 3 is 2.75 bits per heavy atom. The smallest absolute Gasteiger partial charge is 0.0702 e. The lowest BCUT2D eigenvalue weighted by atomic mass is 10.1. The van der Waals surface area contributed by atoms with Gasteiger partial charge in [0.15, 0.2) is 0 Å². The minimum Gasteiger partial charge on any atom is -0.312 e. The average molecular weight is 263 g/mol. The summed E-state index contributed by atoms with van der Waals surface area (Å²) in [5.74, 6) is 0. The molecule has 0 bridgehead atoms. The van der Waals surface area contributed by atoms with Crippen molar-refractivity contribution in [1.29, 1.82) is 0 Å². The maximum absolute atomic E-state index is 4.33. The van der Waals surface area contributed by atoms with Gasteiger partial charge in [-0.2, -0.15) is 0 Å². The Kier molecular flexibility index (Phi) is 3.99. The Hall–Kier alpha value is -2.26. The zero-order valence-electron chi connectivity index (χ0n) is 11.3. The van der Waals surface area contributed by atoms with Gasteiger partial charge in [0.1, 0.15) is 0 Å². The Balaban J connectivity index is 1.55. The summed E-state index contributed by atoms with van der Waals surface area (Å²) in [6, 6.07) is 16.5. The second-order valence-corrected chi connectivity index (χ2v) is 4.78. The van der Waals surface area contributed by atoms with Gasteiger partial charge in [0.05, 0.1) is 5.52 Å². The number of hydrogen-bond donors (Lipinski definition) is 1. The highest BCUT2D eigenvalue weighted by Gasteiger charge is 1.97. The van der Waals surface area contributed by atoms with E-state index in [1.807, 2.05) is 30.6 Å². The number of aromatic nitrogens is 2. The SMILES string of the molecule is c1ccc(CCNCc2ccc3ncccc3c2)nc1. The highest BCUT2D eigenvalue weighted by molar-refractivity contribution is 5.78. The van der Waals surface area contributed by atoms with E-state index in [0.717, 1.165) is 30.7 Å². The summed E-state index contributed by atoms with van der Waals surface area (Å²) >= 11 is 0. The molecule has 0 saturated carbocycles. The Bertz CT molecular complexity index is 680. The molecule has 100 valence electrons. The molecule has 0 aliphatic heterocycles. The molecule has 1 aromatic carbocycles. The van der Waals surface area contributed by atoms with Crippen LogP contribution in [0.15, 0.2) is 60.9 Å². The average Bonchev–Trinajstić information content (AvgIpc) is 2.52. The molecule has 3 nitrogen and oxygen atoms in total. The lowest BCUT2D eigenvalue weighted by molar-refractivity contribution is 0.680. The third kappa shape index (κ3) is 3.19. The largest absolute Gasteiger partial charge is 0.312 e. The molecule has 2 aromatic heterocycles. The van der Waals surface area contributed by atoms with Crippen LogP contribution < -0.4 is 5.32 Å². The lowest BCUT2D eigenvalue weighted by Crippen LogP contribution is -2.17. The van der Waals surface area contributed by atoms with Crippen LogP contribution >= 0.6 is 0 Å². The van der Waals surface area contributed by atoms with Crippen LogP contribution in [-0.4, -0.2) is 16.5 Å². The number of benzene rings is 1. The van der Waals surface area contributed by atoms with Crippen LogP contribution in [0.2, 0.25) is 0 Å². The third-order valence-corrected chi connectivity index (χ3v) is 3.28. The lowest BCUT2D eigenvalue weighted by Gasteiger charge is -2.06. The second kappa shape index (κ2) is 6.26. The van der Waals surface area contributed by atoms with Crippen molar-refractivity contribution in [2.75, 3.05) is 6.54 Å². The molecule has 0 atom stereocenters. The second-order valence-electron chi connectivity index (χ2n) is 4.78. The first kappa shape index (κ1) is 12.8. The number of rotatable bonds is 5. The highest BCUT2D eigenvalue weighted by atomic mass is 14.9. The quantitative estimate of drug-likeness (QED) is 0.719. The van der Waals surface area contributed by atoms with E-state index >= 15 is 0 Å². The molecule has 0 amide bonds. The molecule has 0 radical (unpaired) electrons. The monoisotopic (exact) mass is 263 g/mol. The maximum Gasteiger partial charge on any atom is 0.0702 e. The minimum absolute atomic E-state index is 0.873. The molecular formula is C17H17N3. The zero-order chi connectivity index (χ0) is 13.6. The zero-order valence-corrected chi connectivity index (χ0v) is 11.3. The summed E-state index contributed by atoms with van der Waals surface area (Å²) in [4.78, 5) is 8.65. The van der Waals surface area contributed by atoms with Crippen molar-refractivity contribution in [2.24, 2.45) is 0 Å². The van der Waals surface area contributed by atoms with E-state index in [2.05, 4.69) is 45.6 Å². The summed E-state index contributed by atoms with van der Waals surface area (Å²) in [6.45, 7) is 1.81. The van der Waals surface area contributed by atoms with Crippen LogP contribution in [0.3, 0.4) is 0 Å². The van der Waals surface area contributed by atoms with E-state index in [0.29, 0.717) is 0 Å². The fourth-order valence-corrected chi connectivity index (χ4v) is 2.23. The molecule has 0 spiro atoms. The van der Waals surface area contributed by atoms with Crippen molar-refractivity contribution in [3.8, 4) is 0 Å². The number of pyridine rings is 2. The summed E-state index contributed by atoms with van der Waals surface area (Å²) in [6.07, 6.45) is 4.62. The number of hydrogen-bond acceptors (Lipinski definition) is 3. The molecular weight excluding hydrogens is 246 g/mol. The predicted molar refractivity (Wildman–Crippen MR) is 81.4 cm³/mol. The van der Waals surface area contributed by atoms with Crippen molar-refractivity contribution >= 4 is 10.9 Å². The van der Waals surface area contributed by atoms with Crippen LogP contribution in [0.25, 0.3) is 10.9 Å². The van der Waals surface area contributed by atoms with Crippen molar-refractivity contribution < 1.29 is 0 Å². The van der Waals surface area contributed by atoms with Crippen molar-refractivity contribution in [3.63, 3.8) is 0 Å². The molecule has 0 unspecified atom stereocenters. The van der Waals surface area contributed by atoms with Gasteiger partial charge in [-0.15, -0.1) is 0 Å². The van der Waals surface area contributed by atoms with Gasteiger partial charge < -0.3 is 5.32 Å². The minimum atomic E-state index is 0.873. The van der Waals surface area contributed by atoms with E-state index in [-0.39, 0.29) is 0 Å². The van der Waals surface area contributed by atoms with Crippen LogP contribution in [0.5, 0.6) is 0 Å². The van der Waals surface area contributed by atoms with Gasteiger partial charge in [-0.05, 0) is 35.9 Å². The molecule has 0 fully saturated rings. The van der Waals surface area contributed by atoms with Crippen LogP contribution in [0.4, 0.5) is 0 Å². The van der Waals surface area contributed by atoms with Gasteiger partial charge in [-0.3, -0.25) is 9.97 Å². The first-order valence-electron chi connectivity index (χ1n) is 6.86. The van der Waals surface area contributed by atoms with Crippen molar-refractivity contribution in [2.45, 2.75) is 13.0 Å². The van der Waals surface area contributed by atoms with Crippen molar-refractivity contribution in [1.82, 2.24) is 15.3 Å². The Labute approximate surface area is 118 Å². The predicted octanol–water partition coefficient (Wildman–Crippen LogP) is 2.96. The highest BCUT2D eigenvalue weighted by Crippen LogP contribution is 2.13. The van der Waals surface area contributed by atoms with Gasteiger partial charge in [-0.25, -0.2) is 0 Å². The molecule has 0 aliphatic rings. The molecule has 20 heavy (non-hydrogen) atoms. The number of fused-ring (bicyclic) bond motifs is 1. The fraction of sp³-hybridized carbons (Fsp3) is 0.176. The maximum atomic E-state index is 4.33. The molecule has 1 N–H and O–H groups in total. The van der Waals surface area contributed by atoms with Gasteiger partial charge in [0.2, 0.25) is 0 Å². The molecule has 0 saturated heterocycles. The van der Waals surface area contributed by atoms with E-state index < -0.39 is 0 Å². The number of nitrogens with zero attached hydrogens (tertiary/aromatic N) is 2. The topological polar surface area (TPSA) is 37.8 Å². The Morgan fingerprint density at radius 2 is 1.85 bits per heavy atom. The normalized spacial score (nSPS) is 10.8. The molecule has 3 rings (SSSR count).